The summed E-state index contributed by atoms with van der Waals surface area (Å²) in [6.45, 7) is 0. The summed E-state index contributed by atoms with van der Waals surface area (Å²) in [6.07, 6.45) is 0.712. The van der Waals surface area contributed by atoms with Gasteiger partial charge in [0.05, 0.1) is 0 Å². The molecule has 0 radical (unpaired) electrons. The third-order valence-corrected chi connectivity index (χ3v) is 5.94. The van der Waals surface area contributed by atoms with Crippen LogP contribution in [-0.2, 0) is 45.2 Å². The highest BCUT2D eigenvalue weighted by Crippen LogP contribution is 2.31. The second kappa shape index (κ2) is 12.6. The quantitative estimate of drug-likeness (QED) is 0.132. The first kappa shape index (κ1) is 25.7. The molecule has 0 fully saturated rings. The van der Waals surface area contributed by atoms with E-state index in [0.717, 1.165) is 22.3 Å². The van der Waals surface area contributed by atoms with Gasteiger partial charge in [-0.3, -0.25) is 0 Å². The largest absolute Gasteiger partial charge is 0.249 e. The van der Waals surface area contributed by atoms with Crippen LogP contribution in [0.15, 0.2) is 121 Å². The zero-order valence-corrected chi connectivity index (χ0v) is 19.9. The van der Waals surface area contributed by atoms with E-state index in [1.54, 1.807) is 0 Å². The molecular weight excluding hydrogens is 456 g/mol. The van der Waals surface area contributed by atoms with E-state index in [2.05, 4.69) is 0 Å². The molecule has 0 aliphatic rings. The van der Waals surface area contributed by atoms with Crippen molar-refractivity contribution in [3.8, 4) is 0 Å². The van der Waals surface area contributed by atoms with Gasteiger partial charge in [-0.15, -0.1) is 0 Å². The summed E-state index contributed by atoms with van der Waals surface area (Å²) in [4.78, 5) is 21.9. The molecule has 186 valence electrons. The highest BCUT2D eigenvalue weighted by atomic mass is 17.3. The molecule has 0 heterocycles. The Labute approximate surface area is 211 Å². The van der Waals surface area contributed by atoms with Gasteiger partial charge in [0.15, 0.2) is 0 Å². The molecule has 0 unspecified atom stereocenters. The van der Waals surface area contributed by atoms with Crippen molar-refractivity contribution in [2.75, 3.05) is 0 Å². The van der Waals surface area contributed by atoms with Crippen molar-refractivity contribution in [3.63, 3.8) is 0 Å². The van der Waals surface area contributed by atoms with Gasteiger partial charge < -0.3 is 0 Å². The second-order valence-corrected chi connectivity index (χ2v) is 8.82. The first-order chi connectivity index (χ1) is 17.6. The molecular formula is C30H30O6. The summed E-state index contributed by atoms with van der Waals surface area (Å²) in [7, 11) is 0. The van der Waals surface area contributed by atoms with E-state index in [9.17, 15) is 10.5 Å². The van der Waals surface area contributed by atoms with E-state index >= 15 is 0 Å². The lowest BCUT2D eigenvalue weighted by atomic mass is 9.97. The molecule has 4 aromatic carbocycles. The van der Waals surface area contributed by atoms with Crippen LogP contribution in [0.25, 0.3) is 0 Å². The van der Waals surface area contributed by atoms with Crippen LogP contribution in [0.4, 0.5) is 0 Å². The van der Waals surface area contributed by atoms with Gasteiger partial charge in [-0.2, -0.15) is 19.6 Å². The maximum absolute atomic E-state index is 10.1. The lowest BCUT2D eigenvalue weighted by molar-refractivity contribution is -0.571. The number of hydrogen-bond acceptors (Lipinski definition) is 6. The normalized spacial score (nSPS) is 11.9. The smallest absolute Gasteiger partial charge is 0.241 e. The zero-order chi connectivity index (χ0) is 25.1. The molecule has 6 nitrogen and oxygen atoms in total. The molecule has 36 heavy (non-hydrogen) atoms. The summed E-state index contributed by atoms with van der Waals surface area (Å²) in [6, 6.07) is 38.1. The summed E-state index contributed by atoms with van der Waals surface area (Å²) in [5.74, 6) is -3.22. The van der Waals surface area contributed by atoms with Crippen LogP contribution in [0, 0.1) is 0 Å². The van der Waals surface area contributed by atoms with E-state index in [0.29, 0.717) is 0 Å². The second-order valence-electron chi connectivity index (χ2n) is 8.82. The Morgan fingerprint density at radius 1 is 0.389 bits per heavy atom. The molecule has 6 heteroatoms. The van der Waals surface area contributed by atoms with Crippen LogP contribution in [0.2, 0.25) is 0 Å². The van der Waals surface area contributed by atoms with Crippen molar-refractivity contribution in [1.29, 1.82) is 0 Å². The highest BCUT2D eigenvalue weighted by molar-refractivity contribution is 5.22. The maximum atomic E-state index is 10.1. The molecule has 0 saturated heterocycles. The Balaban J connectivity index is 1.65. The Hall–Kier alpha value is -3.36. The van der Waals surface area contributed by atoms with E-state index in [1.165, 1.54) is 0 Å². The van der Waals surface area contributed by atoms with Gasteiger partial charge in [-0.1, -0.05) is 121 Å². The first-order valence-electron chi connectivity index (χ1n) is 11.8. The van der Waals surface area contributed by atoms with Crippen LogP contribution in [-0.4, -0.2) is 22.1 Å². The molecule has 0 amide bonds. The SMILES string of the molecule is OOC(Cc1ccccc1)(Cc1ccccc1)OOC(Cc1ccccc1)(Cc1ccccc1)OO. The average Bonchev–Trinajstić information content (AvgIpc) is 2.94. The van der Waals surface area contributed by atoms with Crippen molar-refractivity contribution in [3.05, 3.63) is 144 Å². The Morgan fingerprint density at radius 2 is 0.611 bits per heavy atom. The van der Waals surface area contributed by atoms with Crippen LogP contribution in [0.5, 0.6) is 0 Å². The minimum atomic E-state index is -1.61. The minimum absolute atomic E-state index is 0.178. The van der Waals surface area contributed by atoms with E-state index in [1.807, 2.05) is 121 Å². The van der Waals surface area contributed by atoms with Gasteiger partial charge in [-0.05, 0) is 22.3 Å². The van der Waals surface area contributed by atoms with Crippen LogP contribution in [0.1, 0.15) is 22.3 Å². The first-order valence-corrected chi connectivity index (χ1v) is 11.8. The van der Waals surface area contributed by atoms with Gasteiger partial charge in [0.2, 0.25) is 11.6 Å². The standard InChI is InChI=1S/C30H30O6/c31-33-29(21-25-13-5-1-6-14-25,22-26-15-7-2-8-16-26)35-36-30(34-32,23-27-17-9-3-10-18-27)24-28-19-11-4-12-20-28/h1-20,31-32H,21-24H2. The Morgan fingerprint density at radius 3 is 0.806 bits per heavy atom. The molecule has 0 spiro atoms. The van der Waals surface area contributed by atoms with Gasteiger partial charge in [0.25, 0.3) is 0 Å². The summed E-state index contributed by atoms with van der Waals surface area (Å²) >= 11 is 0. The lowest BCUT2D eigenvalue weighted by Crippen LogP contribution is -2.47. The van der Waals surface area contributed by atoms with Crippen molar-refractivity contribution >= 4 is 0 Å². The molecule has 0 aromatic heterocycles. The summed E-state index contributed by atoms with van der Waals surface area (Å²) in [5.41, 5.74) is 3.47. The van der Waals surface area contributed by atoms with Crippen molar-refractivity contribution in [2.24, 2.45) is 0 Å². The lowest BCUT2D eigenvalue weighted by Gasteiger charge is -2.35. The highest BCUT2D eigenvalue weighted by Gasteiger charge is 2.42. The fourth-order valence-corrected chi connectivity index (χ4v) is 4.18. The Bertz CT molecular complexity index is 975. The van der Waals surface area contributed by atoms with E-state index in [4.69, 9.17) is 19.6 Å². The molecule has 4 rings (SSSR count). The van der Waals surface area contributed by atoms with Crippen LogP contribution < -0.4 is 0 Å². The van der Waals surface area contributed by atoms with Crippen LogP contribution >= 0.6 is 0 Å². The zero-order valence-electron chi connectivity index (χ0n) is 19.9. The monoisotopic (exact) mass is 486 g/mol. The predicted octanol–water partition coefficient (Wildman–Crippen LogP) is 6.28. The van der Waals surface area contributed by atoms with E-state index < -0.39 is 11.6 Å². The molecule has 2 N–H and O–H groups in total. The molecule has 0 bridgehead atoms. The average molecular weight is 487 g/mol. The minimum Gasteiger partial charge on any atom is -0.249 e. The van der Waals surface area contributed by atoms with Gasteiger partial charge >= 0.3 is 0 Å². The summed E-state index contributed by atoms with van der Waals surface area (Å²) in [5, 5.41) is 20.3. The number of rotatable bonds is 13. The fraction of sp³-hybridized carbons (Fsp3) is 0.200. The summed E-state index contributed by atoms with van der Waals surface area (Å²) < 4.78 is 0. The molecule has 0 atom stereocenters. The molecule has 0 aliphatic carbocycles. The third-order valence-electron chi connectivity index (χ3n) is 5.94. The molecule has 0 saturated carbocycles. The topological polar surface area (TPSA) is 77.4 Å². The van der Waals surface area contributed by atoms with Crippen molar-refractivity contribution in [1.82, 2.24) is 0 Å². The van der Waals surface area contributed by atoms with Gasteiger partial charge in [-0.25, -0.2) is 10.5 Å². The van der Waals surface area contributed by atoms with Crippen molar-refractivity contribution in [2.45, 2.75) is 37.3 Å². The van der Waals surface area contributed by atoms with Gasteiger partial charge in [0, 0.05) is 25.7 Å². The maximum Gasteiger partial charge on any atom is 0.241 e. The third kappa shape index (κ3) is 7.08. The predicted molar refractivity (Wildman–Crippen MR) is 136 cm³/mol. The van der Waals surface area contributed by atoms with Crippen LogP contribution in [0.3, 0.4) is 0 Å². The van der Waals surface area contributed by atoms with Gasteiger partial charge in [0.1, 0.15) is 0 Å². The molecule has 4 aromatic rings. The van der Waals surface area contributed by atoms with Crippen molar-refractivity contribution < 1.29 is 30.1 Å². The fourth-order valence-electron chi connectivity index (χ4n) is 4.18. The van der Waals surface area contributed by atoms with E-state index in [-0.39, 0.29) is 25.7 Å². The molecule has 0 aliphatic heterocycles. The number of benzene rings is 4. The number of hydrogen-bond donors (Lipinski definition) is 2. The Kier molecular flexibility index (Phi) is 8.97.